The molecule has 30 heavy (non-hydrogen) atoms. The lowest BCUT2D eigenvalue weighted by molar-refractivity contribution is 0.0926. The van der Waals surface area contributed by atoms with Crippen LogP contribution in [0, 0.1) is 11.7 Å². The van der Waals surface area contributed by atoms with E-state index in [0.717, 1.165) is 42.9 Å². The normalized spacial score (nSPS) is 16.8. The second kappa shape index (κ2) is 7.44. The standard InChI is InChI=1S/C22H20FN5O2/c23-16-10-14(6-7-15(16)12-2-3-12)19(13-4-5-13)28-22(30)17-11-18(29)27-21(26-17)20-24-8-1-9-25-20/h1,6-13,19H,2-5H2,(H,28,30)(H,26,27,29). The Bertz CT molecular complexity index is 1160. The summed E-state index contributed by atoms with van der Waals surface area (Å²) in [5, 5.41) is 2.95. The molecule has 0 radical (unpaired) electrons. The van der Waals surface area contributed by atoms with E-state index in [1.54, 1.807) is 6.07 Å². The number of H-pyrrole nitrogens is 1. The number of nitrogens with zero attached hydrogens (tertiary/aromatic N) is 3. The molecule has 0 aliphatic heterocycles. The number of nitrogens with one attached hydrogen (secondary N) is 2. The minimum Gasteiger partial charge on any atom is -0.344 e. The van der Waals surface area contributed by atoms with Gasteiger partial charge in [0.1, 0.15) is 11.5 Å². The zero-order valence-corrected chi connectivity index (χ0v) is 16.1. The molecule has 2 fully saturated rings. The number of aromatic nitrogens is 4. The maximum absolute atomic E-state index is 14.6. The van der Waals surface area contributed by atoms with Crippen LogP contribution in [0.3, 0.4) is 0 Å². The van der Waals surface area contributed by atoms with Crippen LogP contribution in [0.4, 0.5) is 4.39 Å². The van der Waals surface area contributed by atoms with Gasteiger partial charge in [-0.2, -0.15) is 0 Å². The summed E-state index contributed by atoms with van der Waals surface area (Å²) in [6, 6.07) is 7.73. The van der Waals surface area contributed by atoms with E-state index in [9.17, 15) is 14.0 Å². The van der Waals surface area contributed by atoms with Crippen molar-refractivity contribution < 1.29 is 9.18 Å². The van der Waals surface area contributed by atoms with Crippen LogP contribution in [0.15, 0.2) is 47.5 Å². The number of hydrogen-bond acceptors (Lipinski definition) is 5. The lowest BCUT2D eigenvalue weighted by atomic mass is 9.99. The van der Waals surface area contributed by atoms with Crippen molar-refractivity contribution in [2.24, 2.45) is 5.92 Å². The summed E-state index contributed by atoms with van der Waals surface area (Å²) >= 11 is 0. The van der Waals surface area contributed by atoms with Gasteiger partial charge in [-0.3, -0.25) is 9.59 Å². The van der Waals surface area contributed by atoms with Gasteiger partial charge < -0.3 is 10.3 Å². The number of carbonyl (C=O) groups is 1. The molecule has 2 aliphatic carbocycles. The monoisotopic (exact) mass is 405 g/mol. The smallest absolute Gasteiger partial charge is 0.270 e. The first-order chi connectivity index (χ1) is 14.6. The summed E-state index contributed by atoms with van der Waals surface area (Å²) in [5.41, 5.74) is 0.995. The minimum atomic E-state index is -0.484. The van der Waals surface area contributed by atoms with Crippen molar-refractivity contribution in [3.05, 3.63) is 75.7 Å². The van der Waals surface area contributed by atoms with Crippen molar-refractivity contribution in [3.8, 4) is 11.6 Å². The average molecular weight is 405 g/mol. The maximum Gasteiger partial charge on any atom is 0.270 e. The average Bonchev–Trinajstić information content (AvgIpc) is 3.65. The molecular formula is C22H20FN5O2. The summed E-state index contributed by atoms with van der Waals surface area (Å²) < 4.78 is 14.6. The van der Waals surface area contributed by atoms with Crippen LogP contribution in [0.25, 0.3) is 11.6 Å². The van der Waals surface area contributed by atoms with E-state index in [4.69, 9.17) is 0 Å². The van der Waals surface area contributed by atoms with Crippen LogP contribution in [-0.2, 0) is 0 Å². The molecule has 3 aromatic rings. The highest BCUT2D eigenvalue weighted by Gasteiger charge is 2.35. The molecule has 0 bridgehead atoms. The summed E-state index contributed by atoms with van der Waals surface area (Å²) in [5.74, 6) is 0.220. The molecule has 152 valence electrons. The zero-order chi connectivity index (χ0) is 20.7. The second-order valence-corrected chi connectivity index (χ2v) is 7.90. The lowest BCUT2D eigenvalue weighted by Crippen LogP contribution is -2.31. The number of amides is 1. The van der Waals surface area contributed by atoms with Gasteiger partial charge in [0.05, 0.1) is 6.04 Å². The maximum atomic E-state index is 14.6. The van der Waals surface area contributed by atoms with Crippen molar-refractivity contribution in [3.63, 3.8) is 0 Å². The van der Waals surface area contributed by atoms with Gasteiger partial charge in [0.2, 0.25) is 0 Å². The molecule has 1 unspecified atom stereocenters. The first kappa shape index (κ1) is 18.6. The fourth-order valence-electron chi connectivity index (χ4n) is 3.68. The molecule has 1 aromatic carbocycles. The van der Waals surface area contributed by atoms with Gasteiger partial charge in [0.15, 0.2) is 11.6 Å². The summed E-state index contributed by atoms with van der Waals surface area (Å²) in [6.45, 7) is 0. The Kier molecular flexibility index (Phi) is 4.61. The second-order valence-electron chi connectivity index (χ2n) is 7.90. The molecule has 2 saturated carbocycles. The fraction of sp³-hybridized carbons (Fsp3) is 0.318. The van der Waals surface area contributed by atoms with Gasteiger partial charge in [0.25, 0.3) is 11.5 Å². The van der Waals surface area contributed by atoms with Crippen LogP contribution in [0.2, 0.25) is 0 Å². The van der Waals surface area contributed by atoms with E-state index in [1.165, 1.54) is 18.5 Å². The van der Waals surface area contributed by atoms with E-state index in [1.807, 2.05) is 12.1 Å². The number of hydrogen-bond donors (Lipinski definition) is 2. The molecule has 7 nitrogen and oxygen atoms in total. The first-order valence-corrected chi connectivity index (χ1v) is 10.1. The molecule has 0 saturated heterocycles. The van der Waals surface area contributed by atoms with Gasteiger partial charge >= 0.3 is 0 Å². The Hall–Kier alpha value is -3.42. The van der Waals surface area contributed by atoms with E-state index < -0.39 is 11.5 Å². The molecule has 1 amide bonds. The van der Waals surface area contributed by atoms with E-state index in [0.29, 0.717) is 5.92 Å². The Balaban J connectivity index is 1.41. The van der Waals surface area contributed by atoms with Crippen molar-refractivity contribution in [2.75, 3.05) is 0 Å². The highest BCUT2D eigenvalue weighted by atomic mass is 19.1. The minimum absolute atomic E-state index is 0.0260. The van der Waals surface area contributed by atoms with E-state index >= 15 is 0 Å². The fourth-order valence-corrected chi connectivity index (χ4v) is 3.68. The Morgan fingerprint density at radius 2 is 1.90 bits per heavy atom. The highest BCUT2D eigenvalue weighted by Crippen LogP contribution is 2.44. The molecule has 0 spiro atoms. The SMILES string of the molecule is O=C(NC(c1ccc(C2CC2)c(F)c1)C1CC1)c1cc(=O)[nH]c(-c2ncccn2)n1. The number of aromatic amines is 1. The van der Waals surface area contributed by atoms with Gasteiger partial charge in [-0.05, 0) is 60.8 Å². The Labute approximate surface area is 171 Å². The summed E-state index contributed by atoms with van der Waals surface area (Å²) in [4.78, 5) is 39.9. The zero-order valence-electron chi connectivity index (χ0n) is 16.1. The van der Waals surface area contributed by atoms with Crippen molar-refractivity contribution >= 4 is 5.91 Å². The number of halogens is 1. The van der Waals surface area contributed by atoms with Crippen LogP contribution in [0.5, 0.6) is 0 Å². The molecule has 5 rings (SSSR count). The topological polar surface area (TPSA) is 101 Å². The van der Waals surface area contributed by atoms with Crippen LogP contribution >= 0.6 is 0 Å². The molecule has 1 atom stereocenters. The third-order valence-corrected chi connectivity index (χ3v) is 5.53. The van der Waals surface area contributed by atoms with Gasteiger partial charge in [0, 0.05) is 18.5 Å². The van der Waals surface area contributed by atoms with Crippen LogP contribution < -0.4 is 10.9 Å². The van der Waals surface area contributed by atoms with Crippen LogP contribution in [0.1, 0.15) is 59.3 Å². The number of benzene rings is 1. The van der Waals surface area contributed by atoms with Gasteiger partial charge in [-0.1, -0.05) is 12.1 Å². The predicted octanol–water partition coefficient (Wildman–Crippen LogP) is 3.12. The molecule has 2 aliphatic rings. The lowest BCUT2D eigenvalue weighted by Gasteiger charge is -2.19. The Morgan fingerprint density at radius 3 is 2.57 bits per heavy atom. The third-order valence-electron chi connectivity index (χ3n) is 5.53. The molecule has 2 aromatic heterocycles. The first-order valence-electron chi connectivity index (χ1n) is 10.1. The number of rotatable bonds is 6. The summed E-state index contributed by atoms with van der Waals surface area (Å²) in [6.07, 6.45) is 7.03. The Morgan fingerprint density at radius 1 is 1.13 bits per heavy atom. The molecule has 2 N–H and O–H groups in total. The summed E-state index contributed by atoms with van der Waals surface area (Å²) in [7, 11) is 0. The van der Waals surface area contributed by atoms with Crippen LogP contribution in [-0.4, -0.2) is 25.8 Å². The van der Waals surface area contributed by atoms with E-state index in [-0.39, 0.29) is 35.1 Å². The quantitative estimate of drug-likeness (QED) is 0.656. The van der Waals surface area contributed by atoms with Gasteiger partial charge in [-0.25, -0.2) is 19.3 Å². The largest absolute Gasteiger partial charge is 0.344 e. The number of carbonyl (C=O) groups excluding carboxylic acids is 1. The van der Waals surface area contributed by atoms with Crippen molar-refractivity contribution in [1.29, 1.82) is 0 Å². The highest BCUT2D eigenvalue weighted by molar-refractivity contribution is 5.92. The van der Waals surface area contributed by atoms with Gasteiger partial charge in [-0.15, -0.1) is 0 Å². The predicted molar refractivity (Wildman–Crippen MR) is 107 cm³/mol. The third kappa shape index (κ3) is 3.85. The molecule has 2 heterocycles. The van der Waals surface area contributed by atoms with E-state index in [2.05, 4.69) is 25.3 Å². The molecular weight excluding hydrogens is 385 g/mol. The van der Waals surface area contributed by atoms with Crippen molar-refractivity contribution in [1.82, 2.24) is 25.3 Å². The van der Waals surface area contributed by atoms with Crippen molar-refractivity contribution in [2.45, 2.75) is 37.6 Å². The molecule has 8 heteroatoms.